The number of benzene rings is 2. The zero-order valence-electron chi connectivity index (χ0n) is 17.4. The maximum atomic E-state index is 13.1. The molecular weight excluding hydrogens is 446 g/mol. The molecule has 3 rings (SSSR count). The molecular formula is C22H21N5O5S. The van der Waals surface area contributed by atoms with E-state index in [4.69, 9.17) is 10.5 Å². The van der Waals surface area contributed by atoms with Gasteiger partial charge in [0.1, 0.15) is 12.3 Å². The van der Waals surface area contributed by atoms with Crippen molar-refractivity contribution in [3.05, 3.63) is 84.7 Å². The van der Waals surface area contributed by atoms with Crippen LogP contribution in [0.25, 0.3) is 0 Å². The van der Waals surface area contributed by atoms with Crippen molar-refractivity contribution in [2.24, 2.45) is 10.8 Å². The first-order valence-corrected chi connectivity index (χ1v) is 11.1. The number of pyridine rings is 1. The molecule has 0 radical (unpaired) electrons. The molecule has 170 valence electrons. The summed E-state index contributed by atoms with van der Waals surface area (Å²) < 4.78 is 32.4. The average Bonchev–Trinajstić information content (AvgIpc) is 2.83. The minimum atomic E-state index is -4.01. The zero-order chi connectivity index (χ0) is 23.7. The van der Waals surface area contributed by atoms with Gasteiger partial charge in [-0.05, 0) is 54.1 Å². The predicted octanol–water partition coefficient (Wildman–Crippen LogP) is 1.29. The summed E-state index contributed by atoms with van der Waals surface area (Å²) in [5.41, 5.74) is 8.23. The number of hydrogen-bond acceptors (Lipinski definition) is 7. The molecule has 0 aliphatic rings. The number of anilines is 1. The van der Waals surface area contributed by atoms with Crippen LogP contribution in [0.3, 0.4) is 0 Å². The number of nitrogens with two attached hydrogens (primary N) is 1. The highest BCUT2D eigenvalue weighted by atomic mass is 32.2. The van der Waals surface area contributed by atoms with Gasteiger partial charge in [0.15, 0.2) is 6.61 Å². The van der Waals surface area contributed by atoms with E-state index in [1.165, 1.54) is 30.7 Å². The molecule has 0 saturated carbocycles. The Labute approximate surface area is 190 Å². The van der Waals surface area contributed by atoms with Gasteiger partial charge in [-0.15, -0.1) is 0 Å². The fraction of sp³-hybridized carbons (Fsp3) is 0.0909. The first-order chi connectivity index (χ1) is 15.9. The summed E-state index contributed by atoms with van der Waals surface area (Å²) in [4.78, 5) is 27.2. The van der Waals surface area contributed by atoms with E-state index in [1.54, 1.807) is 54.6 Å². The molecule has 10 nitrogen and oxygen atoms in total. The van der Waals surface area contributed by atoms with Crippen molar-refractivity contribution in [3.8, 4) is 5.75 Å². The minimum Gasteiger partial charge on any atom is -0.484 e. The van der Waals surface area contributed by atoms with Crippen LogP contribution in [-0.2, 0) is 19.6 Å². The van der Waals surface area contributed by atoms with Gasteiger partial charge in [-0.1, -0.05) is 18.2 Å². The van der Waals surface area contributed by atoms with Gasteiger partial charge in [0.2, 0.25) is 0 Å². The van der Waals surface area contributed by atoms with Crippen LogP contribution in [0.1, 0.15) is 5.56 Å². The third kappa shape index (κ3) is 6.61. The van der Waals surface area contributed by atoms with Crippen molar-refractivity contribution in [1.82, 2.24) is 10.4 Å². The second kappa shape index (κ2) is 10.9. The molecule has 3 aromatic rings. The number of nitrogens with one attached hydrogen (secondary N) is 1. The SMILES string of the molecule is NC(=O)COc1ccc(/C=N\NC(=O)CN(c2cccnc2)S(=O)(=O)c2ccccc2)cc1. The van der Waals surface area contributed by atoms with Gasteiger partial charge in [-0.2, -0.15) is 5.10 Å². The number of amides is 2. The van der Waals surface area contributed by atoms with Gasteiger partial charge in [0, 0.05) is 6.20 Å². The molecule has 0 aliphatic carbocycles. The van der Waals surface area contributed by atoms with E-state index in [0.29, 0.717) is 11.3 Å². The molecule has 0 atom stereocenters. The second-order valence-electron chi connectivity index (χ2n) is 6.65. The molecule has 0 bridgehead atoms. The summed E-state index contributed by atoms with van der Waals surface area (Å²) in [6.45, 7) is -0.733. The molecule has 2 amide bonds. The Morgan fingerprint density at radius 2 is 1.79 bits per heavy atom. The van der Waals surface area contributed by atoms with Gasteiger partial charge in [-0.3, -0.25) is 18.9 Å². The van der Waals surface area contributed by atoms with Crippen molar-refractivity contribution in [3.63, 3.8) is 0 Å². The lowest BCUT2D eigenvalue weighted by Crippen LogP contribution is -2.39. The molecule has 11 heteroatoms. The Morgan fingerprint density at radius 3 is 2.42 bits per heavy atom. The Bertz CT molecular complexity index is 1220. The van der Waals surface area contributed by atoms with E-state index in [-0.39, 0.29) is 17.2 Å². The van der Waals surface area contributed by atoms with Crippen molar-refractivity contribution in [2.45, 2.75) is 4.90 Å². The van der Waals surface area contributed by atoms with Gasteiger partial charge in [-0.25, -0.2) is 13.8 Å². The lowest BCUT2D eigenvalue weighted by Gasteiger charge is -2.23. The number of carbonyl (C=O) groups is 2. The number of hydrazone groups is 1. The predicted molar refractivity (Wildman–Crippen MR) is 122 cm³/mol. The molecule has 2 aromatic carbocycles. The minimum absolute atomic E-state index is 0.0452. The first-order valence-electron chi connectivity index (χ1n) is 9.67. The molecule has 0 fully saturated rings. The molecule has 1 heterocycles. The maximum absolute atomic E-state index is 13.1. The normalized spacial score (nSPS) is 11.2. The van der Waals surface area contributed by atoms with E-state index >= 15 is 0 Å². The maximum Gasteiger partial charge on any atom is 0.264 e. The number of primary amides is 1. The first kappa shape index (κ1) is 23.4. The van der Waals surface area contributed by atoms with Crippen LogP contribution in [0.2, 0.25) is 0 Å². The highest BCUT2D eigenvalue weighted by molar-refractivity contribution is 7.92. The van der Waals surface area contributed by atoms with Gasteiger partial charge in [0.05, 0.1) is 23.0 Å². The summed E-state index contributed by atoms with van der Waals surface area (Å²) in [5, 5.41) is 3.87. The summed E-state index contributed by atoms with van der Waals surface area (Å²) in [6, 6.07) is 17.5. The molecule has 3 N–H and O–H groups in total. The quantitative estimate of drug-likeness (QED) is 0.340. The van der Waals surface area contributed by atoms with Crippen LogP contribution in [0.5, 0.6) is 5.75 Å². The smallest absolute Gasteiger partial charge is 0.264 e. The van der Waals surface area contributed by atoms with Crippen molar-refractivity contribution < 1.29 is 22.7 Å². The van der Waals surface area contributed by atoms with Crippen molar-refractivity contribution in [2.75, 3.05) is 17.5 Å². The van der Waals surface area contributed by atoms with Crippen LogP contribution in [0.15, 0.2) is 89.1 Å². The lowest BCUT2D eigenvalue weighted by molar-refractivity contribution is -0.120. The average molecular weight is 468 g/mol. The number of hydrogen-bond donors (Lipinski definition) is 2. The highest BCUT2D eigenvalue weighted by Gasteiger charge is 2.27. The summed E-state index contributed by atoms with van der Waals surface area (Å²) >= 11 is 0. The molecule has 0 spiro atoms. The van der Waals surface area contributed by atoms with E-state index in [0.717, 1.165) is 4.31 Å². The van der Waals surface area contributed by atoms with E-state index < -0.39 is 28.4 Å². The van der Waals surface area contributed by atoms with Crippen molar-refractivity contribution in [1.29, 1.82) is 0 Å². The number of rotatable bonds is 10. The molecule has 0 aliphatic heterocycles. The number of ether oxygens (including phenoxy) is 1. The zero-order valence-corrected chi connectivity index (χ0v) is 18.2. The molecule has 1 aromatic heterocycles. The lowest BCUT2D eigenvalue weighted by atomic mass is 10.2. The Morgan fingerprint density at radius 1 is 1.06 bits per heavy atom. The topological polar surface area (TPSA) is 144 Å². The molecule has 33 heavy (non-hydrogen) atoms. The van der Waals surface area contributed by atoms with E-state index in [9.17, 15) is 18.0 Å². The third-order valence-electron chi connectivity index (χ3n) is 4.22. The van der Waals surface area contributed by atoms with Crippen LogP contribution in [0, 0.1) is 0 Å². The van der Waals surface area contributed by atoms with E-state index in [2.05, 4.69) is 15.5 Å². The summed E-state index contributed by atoms with van der Waals surface area (Å²) in [7, 11) is -4.01. The summed E-state index contributed by atoms with van der Waals surface area (Å²) in [6.07, 6.45) is 4.25. The van der Waals surface area contributed by atoms with Crippen LogP contribution < -0.4 is 20.2 Å². The van der Waals surface area contributed by atoms with Gasteiger partial charge < -0.3 is 10.5 Å². The standard InChI is InChI=1S/C22H21N5O5S/c23-21(28)16-32-19-10-8-17(9-11-19)13-25-26-22(29)15-27(18-5-4-12-24-14-18)33(30,31)20-6-2-1-3-7-20/h1-14H,15-16H2,(H2,23,28)(H,26,29)/b25-13-. The van der Waals surface area contributed by atoms with Crippen LogP contribution in [-0.4, -0.2) is 44.6 Å². The highest BCUT2D eigenvalue weighted by Crippen LogP contribution is 2.22. The molecule has 0 saturated heterocycles. The second-order valence-corrected chi connectivity index (χ2v) is 8.52. The summed E-state index contributed by atoms with van der Waals surface area (Å²) in [5.74, 6) is -0.776. The number of carbonyl (C=O) groups excluding carboxylic acids is 2. The van der Waals surface area contributed by atoms with Gasteiger partial charge in [0.25, 0.3) is 21.8 Å². The van der Waals surface area contributed by atoms with Crippen molar-refractivity contribution >= 4 is 33.7 Å². The van der Waals surface area contributed by atoms with Crippen LogP contribution in [0.4, 0.5) is 5.69 Å². The monoisotopic (exact) mass is 467 g/mol. The van der Waals surface area contributed by atoms with Gasteiger partial charge >= 0.3 is 0 Å². The fourth-order valence-electron chi connectivity index (χ4n) is 2.69. The number of sulfonamides is 1. The Kier molecular flexibility index (Phi) is 7.71. The Hall–Kier alpha value is -4.25. The fourth-order valence-corrected chi connectivity index (χ4v) is 4.11. The third-order valence-corrected chi connectivity index (χ3v) is 6.00. The van der Waals surface area contributed by atoms with E-state index in [1.807, 2.05) is 0 Å². The number of nitrogens with zero attached hydrogens (tertiary/aromatic N) is 3. The molecule has 0 unspecified atom stereocenters. The largest absolute Gasteiger partial charge is 0.484 e. The Balaban J connectivity index is 1.68. The van der Waals surface area contributed by atoms with Crippen LogP contribution >= 0.6 is 0 Å². The number of aromatic nitrogens is 1.